The van der Waals surface area contributed by atoms with Crippen LogP contribution in [-0.2, 0) is 18.0 Å². The average molecular weight is 528 g/mol. The van der Waals surface area contributed by atoms with Gasteiger partial charge in [-0.2, -0.15) is 13.2 Å². The molecule has 0 aliphatic heterocycles. The van der Waals surface area contributed by atoms with Gasteiger partial charge in [-0.15, -0.1) is 35.3 Å². The van der Waals surface area contributed by atoms with Crippen molar-refractivity contribution in [3.63, 3.8) is 0 Å². The topological polar surface area (TPSA) is 49.3 Å². The number of aliphatic imine (C=N–C) groups is 1. The average Bonchev–Trinajstić information content (AvgIpc) is 3.25. The summed E-state index contributed by atoms with van der Waals surface area (Å²) in [5.74, 6) is 0.328. The third kappa shape index (κ3) is 5.56. The maximum Gasteiger partial charge on any atom is 0.434 e. The Balaban J connectivity index is 0.00000280. The smallest absolute Gasteiger partial charge is 0.356 e. The van der Waals surface area contributed by atoms with Gasteiger partial charge in [0.25, 0.3) is 0 Å². The minimum atomic E-state index is -4.41. The molecule has 0 unspecified atom stereocenters. The van der Waals surface area contributed by atoms with Crippen molar-refractivity contribution < 1.29 is 17.6 Å². The molecule has 10 heteroatoms. The largest absolute Gasteiger partial charge is 0.434 e. The monoisotopic (exact) mass is 528 g/mol. The molecule has 0 saturated heterocycles. The second-order valence-electron chi connectivity index (χ2n) is 6.49. The number of hydrogen-bond acceptors (Lipinski definition) is 3. The Bertz CT molecular complexity index is 818. The summed E-state index contributed by atoms with van der Waals surface area (Å²) in [5, 5.41) is 7.69. The van der Waals surface area contributed by atoms with Crippen molar-refractivity contribution in [2.24, 2.45) is 4.99 Å². The van der Waals surface area contributed by atoms with E-state index in [0.717, 1.165) is 29.6 Å². The number of benzene rings is 1. The molecule has 0 spiro atoms. The zero-order valence-corrected chi connectivity index (χ0v) is 18.3. The van der Waals surface area contributed by atoms with Crippen LogP contribution in [0.25, 0.3) is 0 Å². The zero-order valence-electron chi connectivity index (χ0n) is 15.1. The second kappa shape index (κ2) is 9.38. The normalized spacial score (nSPS) is 15.7. The number of aromatic nitrogens is 1. The van der Waals surface area contributed by atoms with Gasteiger partial charge in [-0.25, -0.2) is 9.37 Å². The third-order valence-electron chi connectivity index (χ3n) is 4.59. The first-order chi connectivity index (χ1) is 12.8. The molecule has 0 amide bonds. The quantitative estimate of drug-likeness (QED) is 0.254. The van der Waals surface area contributed by atoms with Crippen molar-refractivity contribution in [2.75, 3.05) is 20.1 Å². The molecule has 2 N–H and O–H groups in total. The van der Waals surface area contributed by atoms with Crippen LogP contribution >= 0.6 is 35.3 Å². The molecule has 4 nitrogen and oxygen atoms in total. The summed E-state index contributed by atoms with van der Waals surface area (Å²) in [4.78, 5) is 7.71. The van der Waals surface area contributed by atoms with Crippen molar-refractivity contribution in [1.82, 2.24) is 15.6 Å². The molecule has 2 aromatic rings. The molecule has 1 heterocycles. The van der Waals surface area contributed by atoms with Crippen molar-refractivity contribution in [3.8, 4) is 0 Å². The molecule has 3 rings (SSSR count). The number of hydrogen-bond donors (Lipinski definition) is 2. The lowest BCUT2D eigenvalue weighted by Crippen LogP contribution is -2.42. The van der Waals surface area contributed by atoms with Crippen molar-refractivity contribution in [2.45, 2.75) is 30.9 Å². The first kappa shape index (κ1) is 22.9. The highest BCUT2D eigenvalue weighted by molar-refractivity contribution is 14.0. The van der Waals surface area contributed by atoms with Crippen molar-refractivity contribution in [1.29, 1.82) is 0 Å². The van der Waals surface area contributed by atoms with Gasteiger partial charge in [-0.05, 0) is 24.5 Å². The molecule has 1 aromatic carbocycles. The number of guanidine groups is 1. The molecule has 1 aliphatic carbocycles. The molecule has 28 heavy (non-hydrogen) atoms. The summed E-state index contributed by atoms with van der Waals surface area (Å²) in [6.07, 6.45) is -2.25. The molecule has 0 radical (unpaired) electrons. The van der Waals surface area contributed by atoms with Crippen molar-refractivity contribution >= 4 is 41.3 Å². The number of nitrogens with one attached hydrogen (secondary N) is 2. The number of thiazole rings is 1. The Morgan fingerprint density at radius 3 is 2.54 bits per heavy atom. The van der Waals surface area contributed by atoms with E-state index in [1.165, 1.54) is 6.07 Å². The van der Waals surface area contributed by atoms with Crippen LogP contribution in [0.5, 0.6) is 0 Å². The van der Waals surface area contributed by atoms with Crippen LogP contribution in [0.1, 0.15) is 29.1 Å². The van der Waals surface area contributed by atoms with E-state index in [9.17, 15) is 17.6 Å². The molecule has 154 valence electrons. The standard InChI is InChI=1S/C18H20F4N4S.HI/c1-23-16(24-9-6-15-26-14(10-27-15)18(20,21)22)25-11-17(7-8-17)12-4-2-3-5-13(12)19;/h2-5,10H,6-9,11H2,1H3,(H2,23,24,25);1H. The second-order valence-corrected chi connectivity index (χ2v) is 7.43. The van der Waals surface area contributed by atoms with Gasteiger partial charge >= 0.3 is 6.18 Å². The summed E-state index contributed by atoms with van der Waals surface area (Å²) in [7, 11) is 1.61. The number of alkyl halides is 3. The van der Waals surface area contributed by atoms with E-state index >= 15 is 0 Å². The highest BCUT2D eigenvalue weighted by atomic mass is 127. The Morgan fingerprint density at radius 2 is 1.96 bits per heavy atom. The molecule has 1 saturated carbocycles. The van der Waals surface area contributed by atoms with Gasteiger partial charge in [0.2, 0.25) is 0 Å². The van der Waals surface area contributed by atoms with Gasteiger partial charge in [0.15, 0.2) is 11.7 Å². The van der Waals surface area contributed by atoms with E-state index in [-0.39, 0.29) is 35.2 Å². The first-order valence-electron chi connectivity index (χ1n) is 8.55. The Hall–Kier alpha value is -1.43. The lowest BCUT2D eigenvalue weighted by atomic mass is 9.95. The van der Waals surface area contributed by atoms with Crippen LogP contribution in [0, 0.1) is 5.82 Å². The van der Waals surface area contributed by atoms with Crippen LogP contribution in [-0.4, -0.2) is 31.1 Å². The Morgan fingerprint density at radius 1 is 1.25 bits per heavy atom. The van der Waals surface area contributed by atoms with Gasteiger partial charge in [-0.1, -0.05) is 18.2 Å². The summed E-state index contributed by atoms with van der Waals surface area (Å²) in [6.45, 7) is 0.945. The molecule has 1 aliphatic rings. The molecule has 0 bridgehead atoms. The predicted molar refractivity (Wildman–Crippen MR) is 113 cm³/mol. The fourth-order valence-corrected chi connectivity index (χ4v) is 3.71. The van der Waals surface area contributed by atoms with Crippen LogP contribution < -0.4 is 10.6 Å². The summed E-state index contributed by atoms with van der Waals surface area (Å²) in [5.41, 5.74) is -0.374. The number of rotatable bonds is 6. The van der Waals surface area contributed by atoms with Crippen LogP contribution in [0.15, 0.2) is 34.6 Å². The first-order valence-corrected chi connectivity index (χ1v) is 9.43. The number of nitrogens with zero attached hydrogens (tertiary/aromatic N) is 2. The van der Waals surface area contributed by atoms with E-state index in [1.54, 1.807) is 19.2 Å². The van der Waals surface area contributed by atoms with Crippen LogP contribution in [0.4, 0.5) is 17.6 Å². The van der Waals surface area contributed by atoms with E-state index in [1.807, 2.05) is 6.07 Å². The van der Waals surface area contributed by atoms with Gasteiger partial charge < -0.3 is 10.6 Å². The molecule has 1 aromatic heterocycles. The summed E-state index contributed by atoms with van der Waals surface area (Å²) in [6, 6.07) is 6.77. The van der Waals surface area contributed by atoms with E-state index in [2.05, 4.69) is 20.6 Å². The molecular weight excluding hydrogens is 507 g/mol. The SMILES string of the molecule is CN=C(NCCc1nc(C(F)(F)F)cs1)NCC1(c2ccccc2F)CC1.I. The summed E-state index contributed by atoms with van der Waals surface area (Å²) >= 11 is 0.989. The molecule has 1 fully saturated rings. The van der Waals surface area contributed by atoms with E-state index < -0.39 is 11.9 Å². The fraction of sp³-hybridized carbons (Fsp3) is 0.444. The van der Waals surface area contributed by atoms with E-state index in [0.29, 0.717) is 36.0 Å². The number of halogens is 5. The van der Waals surface area contributed by atoms with Gasteiger partial charge in [0.1, 0.15) is 5.82 Å². The molecule has 0 atom stereocenters. The lowest BCUT2D eigenvalue weighted by molar-refractivity contribution is -0.140. The van der Waals surface area contributed by atoms with Gasteiger partial charge in [0.05, 0.1) is 5.01 Å². The van der Waals surface area contributed by atoms with Crippen molar-refractivity contribution in [3.05, 3.63) is 51.7 Å². The minimum absolute atomic E-state index is 0. The predicted octanol–water partition coefficient (Wildman–Crippen LogP) is 4.36. The maximum atomic E-state index is 14.0. The Labute approximate surface area is 181 Å². The van der Waals surface area contributed by atoms with Crippen LogP contribution in [0.2, 0.25) is 0 Å². The summed E-state index contributed by atoms with van der Waals surface area (Å²) < 4.78 is 51.7. The Kier molecular flexibility index (Phi) is 7.66. The zero-order chi connectivity index (χ0) is 19.5. The highest BCUT2D eigenvalue weighted by Crippen LogP contribution is 2.48. The highest BCUT2D eigenvalue weighted by Gasteiger charge is 2.45. The van der Waals surface area contributed by atoms with Gasteiger partial charge in [-0.3, -0.25) is 4.99 Å². The lowest BCUT2D eigenvalue weighted by Gasteiger charge is -2.19. The minimum Gasteiger partial charge on any atom is -0.356 e. The molecular formula is C18H21F4IN4S. The van der Waals surface area contributed by atoms with E-state index in [4.69, 9.17) is 0 Å². The third-order valence-corrected chi connectivity index (χ3v) is 5.50. The maximum absolute atomic E-state index is 14.0. The van der Waals surface area contributed by atoms with Gasteiger partial charge in [0, 0.05) is 37.4 Å². The van der Waals surface area contributed by atoms with Crippen LogP contribution in [0.3, 0.4) is 0 Å². The fourth-order valence-electron chi connectivity index (χ4n) is 2.90.